The molecule has 1 aliphatic rings. The molecular weight excluding hydrogens is 415 g/mol. The number of hydrogen-bond donors (Lipinski definition) is 0. The zero-order valence-electron chi connectivity index (χ0n) is 15.5. The van der Waals surface area contributed by atoms with Crippen LogP contribution in [0.5, 0.6) is 0 Å². The lowest BCUT2D eigenvalue weighted by Gasteiger charge is -2.31. The van der Waals surface area contributed by atoms with E-state index in [4.69, 9.17) is 27.6 Å². The van der Waals surface area contributed by atoms with Crippen molar-refractivity contribution in [2.45, 2.75) is 25.8 Å². The molecule has 28 heavy (non-hydrogen) atoms. The van der Waals surface area contributed by atoms with Crippen molar-refractivity contribution in [1.29, 1.82) is 0 Å². The number of benzene rings is 2. The van der Waals surface area contributed by atoms with Crippen molar-refractivity contribution in [3.05, 3.63) is 76.2 Å². The van der Waals surface area contributed by atoms with Gasteiger partial charge in [0.1, 0.15) is 0 Å². The van der Waals surface area contributed by atoms with Crippen LogP contribution in [0.25, 0.3) is 11.3 Å². The van der Waals surface area contributed by atoms with E-state index >= 15 is 0 Å². The van der Waals surface area contributed by atoms with Gasteiger partial charge in [-0.25, -0.2) is 4.98 Å². The van der Waals surface area contributed by atoms with Crippen molar-refractivity contribution in [2.75, 3.05) is 13.1 Å². The second-order valence-corrected chi connectivity index (χ2v) is 7.99. The lowest BCUT2D eigenvalue weighted by molar-refractivity contribution is 0.164. The quantitative estimate of drug-likeness (QED) is 0.454. The van der Waals surface area contributed by atoms with Gasteiger partial charge < -0.3 is 4.42 Å². The zero-order valence-corrected chi connectivity index (χ0v) is 17.8. The molecule has 1 aromatic heterocycles. The van der Waals surface area contributed by atoms with Crippen LogP contribution in [0.2, 0.25) is 10.0 Å². The fraction of sp³-hybridized carbons (Fsp3) is 0.318. The molecule has 1 fully saturated rings. The number of rotatable bonds is 5. The molecule has 3 aromatic rings. The first kappa shape index (κ1) is 21.2. The second kappa shape index (κ2) is 9.80. The average Bonchev–Trinajstić information content (AvgIpc) is 3.14. The smallest absolute Gasteiger partial charge is 0.209 e. The van der Waals surface area contributed by atoms with Gasteiger partial charge in [0.25, 0.3) is 0 Å². The van der Waals surface area contributed by atoms with Gasteiger partial charge in [-0.15, -0.1) is 12.4 Å². The molecule has 1 saturated heterocycles. The van der Waals surface area contributed by atoms with E-state index in [1.807, 2.05) is 36.4 Å². The van der Waals surface area contributed by atoms with Gasteiger partial charge in [-0.1, -0.05) is 47.5 Å². The molecule has 0 atom stereocenters. The summed E-state index contributed by atoms with van der Waals surface area (Å²) in [5.41, 5.74) is 2.26. The first-order chi connectivity index (χ1) is 13.2. The molecule has 0 unspecified atom stereocenters. The Morgan fingerprint density at radius 2 is 1.71 bits per heavy atom. The Kier molecular flexibility index (Phi) is 7.42. The Morgan fingerprint density at radius 1 is 1.00 bits per heavy atom. The Morgan fingerprint density at radius 3 is 2.43 bits per heavy atom. The van der Waals surface area contributed by atoms with Crippen LogP contribution in [0.3, 0.4) is 0 Å². The van der Waals surface area contributed by atoms with Crippen molar-refractivity contribution < 1.29 is 4.42 Å². The molecule has 3 nitrogen and oxygen atoms in total. The molecule has 1 aliphatic heterocycles. The minimum atomic E-state index is 0. The summed E-state index contributed by atoms with van der Waals surface area (Å²) in [5, 5.41) is 1.49. The third kappa shape index (κ3) is 5.30. The minimum Gasteiger partial charge on any atom is -0.439 e. The van der Waals surface area contributed by atoms with E-state index in [-0.39, 0.29) is 12.4 Å². The SMILES string of the molecule is Cl.Clc1ccc(CC2CCN(Cc3ncc(-c4ccccc4Cl)o3)CC2)cc1. The highest BCUT2D eigenvalue weighted by Gasteiger charge is 2.21. The van der Waals surface area contributed by atoms with E-state index in [9.17, 15) is 0 Å². The van der Waals surface area contributed by atoms with Crippen LogP contribution in [0.15, 0.2) is 59.1 Å². The summed E-state index contributed by atoms with van der Waals surface area (Å²) in [4.78, 5) is 6.86. The second-order valence-electron chi connectivity index (χ2n) is 7.15. The number of aromatic nitrogens is 1. The number of nitrogens with zero attached hydrogens (tertiary/aromatic N) is 2. The maximum atomic E-state index is 6.25. The van der Waals surface area contributed by atoms with Crippen molar-refractivity contribution in [3.8, 4) is 11.3 Å². The predicted molar refractivity (Wildman–Crippen MR) is 117 cm³/mol. The summed E-state index contributed by atoms with van der Waals surface area (Å²) in [6, 6.07) is 15.9. The van der Waals surface area contributed by atoms with E-state index in [1.165, 1.54) is 18.4 Å². The third-order valence-electron chi connectivity index (χ3n) is 5.20. The van der Waals surface area contributed by atoms with Gasteiger partial charge in [0.05, 0.1) is 17.8 Å². The first-order valence-electron chi connectivity index (χ1n) is 9.34. The van der Waals surface area contributed by atoms with E-state index in [2.05, 4.69) is 22.0 Å². The summed E-state index contributed by atoms with van der Waals surface area (Å²) in [6.45, 7) is 2.89. The minimum absolute atomic E-state index is 0. The molecule has 0 aliphatic carbocycles. The Hall–Kier alpha value is -1.52. The van der Waals surface area contributed by atoms with Crippen LogP contribution >= 0.6 is 35.6 Å². The molecule has 2 heterocycles. The molecule has 6 heteroatoms. The maximum absolute atomic E-state index is 6.25. The molecule has 0 saturated carbocycles. The molecule has 0 amide bonds. The fourth-order valence-electron chi connectivity index (χ4n) is 3.66. The Labute approximate surface area is 182 Å². The lowest BCUT2D eigenvalue weighted by Crippen LogP contribution is -2.33. The van der Waals surface area contributed by atoms with Gasteiger partial charge in [-0.2, -0.15) is 0 Å². The number of piperidine rings is 1. The summed E-state index contributed by atoms with van der Waals surface area (Å²) >= 11 is 12.2. The monoisotopic (exact) mass is 436 g/mol. The molecule has 4 rings (SSSR count). The number of oxazole rings is 1. The van der Waals surface area contributed by atoms with Crippen LogP contribution in [-0.2, 0) is 13.0 Å². The summed E-state index contributed by atoms with van der Waals surface area (Å²) in [6.07, 6.45) is 5.28. The van der Waals surface area contributed by atoms with Gasteiger partial charge in [0.15, 0.2) is 5.76 Å². The van der Waals surface area contributed by atoms with Crippen molar-refractivity contribution in [1.82, 2.24) is 9.88 Å². The topological polar surface area (TPSA) is 29.3 Å². The lowest BCUT2D eigenvalue weighted by atomic mass is 9.90. The average molecular weight is 438 g/mol. The van der Waals surface area contributed by atoms with E-state index in [0.29, 0.717) is 5.02 Å². The highest BCUT2D eigenvalue weighted by atomic mass is 35.5. The molecule has 0 bridgehead atoms. The normalized spacial score (nSPS) is 15.4. The highest BCUT2D eigenvalue weighted by Crippen LogP contribution is 2.29. The van der Waals surface area contributed by atoms with Gasteiger partial charge in [-0.05, 0) is 68.1 Å². The fourth-order valence-corrected chi connectivity index (χ4v) is 4.02. The molecule has 0 spiro atoms. The third-order valence-corrected chi connectivity index (χ3v) is 5.78. The molecule has 148 valence electrons. The first-order valence-corrected chi connectivity index (χ1v) is 10.1. The number of likely N-dealkylation sites (tertiary alicyclic amines) is 1. The van der Waals surface area contributed by atoms with E-state index in [0.717, 1.165) is 54.2 Å². The zero-order chi connectivity index (χ0) is 18.6. The van der Waals surface area contributed by atoms with Gasteiger partial charge in [-0.3, -0.25) is 4.90 Å². The molecular formula is C22H23Cl3N2O. The number of halogens is 3. The van der Waals surface area contributed by atoms with Crippen molar-refractivity contribution >= 4 is 35.6 Å². The van der Waals surface area contributed by atoms with Gasteiger partial charge in [0.2, 0.25) is 5.89 Å². The van der Waals surface area contributed by atoms with Crippen LogP contribution in [0, 0.1) is 5.92 Å². The van der Waals surface area contributed by atoms with Crippen molar-refractivity contribution in [2.24, 2.45) is 5.92 Å². The van der Waals surface area contributed by atoms with Crippen LogP contribution in [0.1, 0.15) is 24.3 Å². The standard InChI is InChI=1S/C22H22Cl2N2O.ClH/c23-18-7-5-16(6-8-18)13-17-9-11-26(12-10-17)15-22-25-14-21(27-22)19-3-1-2-4-20(19)24;/h1-8,14,17H,9-13,15H2;1H. The van der Waals surface area contributed by atoms with E-state index < -0.39 is 0 Å². The largest absolute Gasteiger partial charge is 0.439 e. The summed E-state index contributed by atoms with van der Waals surface area (Å²) in [5.74, 6) is 2.21. The highest BCUT2D eigenvalue weighted by molar-refractivity contribution is 6.33. The summed E-state index contributed by atoms with van der Waals surface area (Å²) < 4.78 is 5.94. The number of hydrogen-bond acceptors (Lipinski definition) is 3. The molecule has 2 aromatic carbocycles. The Bertz CT molecular complexity index is 887. The predicted octanol–water partition coefficient (Wildman–Crippen LogP) is 6.52. The van der Waals surface area contributed by atoms with Gasteiger partial charge in [0, 0.05) is 10.6 Å². The van der Waals surface area contributed by atoms with E-state index in [1.54, 1.807) is 6.20 Å². The maximum Gasteiger partial charge on any atom is 0.209 e. The Balaban J connectivity index is 0.00000225. The van der Waals surface area contributed by atoms with Crippen LogP contribution in [-0.4, -0.2) is 23.0 Å². The molecule has 0 radical (unpaired) electrons. The van der Waals surface area contributed by atoms with Crippen LogP contribution in [0.4, 0.5) is 0 Å². The van der Waals surface area contributed by atoms with Crippen LogP contribution < -0.4 is 0 Å². The van der Waals surface area contributed by atoms with Gasteiger partial charge >= 0.3 is 0 Å². The van der Waals surface area contributed by atoms with Crippen molar-refractivity contribution in [3.63, 3.8) is 0 Å². The molecule has 0 N–H and O–H groups in total. The summed E-state index contributed by atoms with van der Waals surface area (Å²) in [7, 11) is 0.